The zero-order valence-corrected chi connectivity index (χ0v) is 25.5. The summed E-state index contributed by atoms with van der Waals surface area (Å²) in [5.41, 5.74) is 1.19. The number of hydrogen-bond acceptors (Lipinski definition) is 5. The molecule has 2 aliphatic rings. The first-order valence-electron chi connectivity index (χ1n) is 14.6. The topological polar surface area (TPSA) is 114 Å². The smallest absolute Gasteiger partial charge is 0.408 e. The highest BCUT2D eigenvalue weighted by Gasteiger charge is 2.46. The molecule has 2 aromatic rings. The fraction of sp³-hybridized carbons (Fsp3) is 0.500. The van der Waals surface area contributed by atoms with E-state index in [9.17, 15) is 19.2 Å². The molecule has 1 saturated heterocycles. The minimum atomic E-state index is -0.942. The number of hydrogen-bond donors (Lipinski definition) is 3. The number of benzene rings is 2. The van der Waals surface area contributed by atoms with E-state index < -0.39 is 35.6 Å². The predicted octanol–water partition coefficient (Wildman–Crippen LogP) is 5.90. The molecule has 1 aliphatic heterocycles. The number of ether oxygens (including phenoxy) is 1. The number of carbonyl (C=O) groups excluding carboxylic acids is 4. The first-order chi connectivity index (χ1) is 20.1. The minimum Gasteiger partial charge on any atom is -0.440 e. The summed E-state index contributed by atoms with van der Waals surface area (Å²) in [7, 11) is 0. The van der Waals surface area contributed by atoms with Crippen LogP contribution in [0, 0.1) is 11.8 Å². The highest BCUT2D eigenvalue weighted by atomic mass is 35.5. The number of aldehydes is 1. The second-order valence-corrected chi connectivity index (χ2v) is 12.7. The molecule has 0 spiro atoms. The van der Waals surface area contributed by atoms with Gasteiger partial charge in [-0.2, -0.15) is 0 Å². The Morgan fingerprint density at radius 1 is 1.07 bits per heavy atom. The maximum absolute atomic E-state index is 13.6. The van der Waals surface area contributed by atoms with Gasteiger partial charge in [-0.1, -0.05) is 74.2 Å². The molecule has 10 heteroatoms. The van der Waals surface area contributed by atoms with Crippen LogP contribution in [0.4, 0.5) is 4.79 Å². The Morgan fingerprint density at radius 3 is 2.36 bits per heavy atom. The molecule has 1 heterocycles. The van der Waals surface area contributed by atoms with Crippen molar-refractivity contribution in [3.63, 3.8) is 0 Å². The summed E-state index contributed by atoms with van der Waals surface area (Å²) in [6, 6.07) is 13.1. The van der Waals surface area contributed by atoms with Gasteiger partial charge in [-0.25, -0.2) is 4.79 Å². The van der Waals surface area contributed by atoms with Crippen LogP contribution in [0.25, 0.3) is 0 Å². The van der Waals surface area contributed by atoms with Crippen LogP contribution < -0.4 is 16.0 Å². The van der Waals surface area contributed by atoms with Gasteiger partial charge in [0.1, 0.15) is 18.4 Å². The highest BCUT2D eigenvalue weighted by molar-refractivity contribution is 6.31. The minimum absolute atomic E-state index is 0.0627. The number of halogens is 2. The largest absolute Gasteiger partial charge is 0.440 e. The van der Waals surface area contributed by atoms with Crippen LogP contribution in [0.3, 0.4) is 0 Å². The number of carbonyl (C=O) groups is 4. The second-order valence-electron chi connectivity index (χ2n) is 11.8. The Bertz CT molecular complexity index is 1280. The summed E-state index contributed by atoms with van der Waals surface area (Å²) in [6.45, 7) is 4.43. The van der Waals surface area contributed by atoms with Crippen LogP contribution in [0.2, 0.25) is 10.0 Å². The van der Waals surface area contributed by atoms with Crippen molar-refractivity contribution in [3.8, 4) is 0 Å². The van der Waals surface area contributed by atoms with Gasteiger partial charge in [-0.3, -0.25) is 9.59 Å². The molecular formula is C32H39Cl2N3O5. The molecule has 0 aromatic heterocycles. The van der Waals surface area contributed by atoms with Gasteiger partial charge in [-0.05, 0) is 73.4 Å². The Kier molecular flexibility index (Phi) is 10.9. The van der Waals surface area contributed by atoms with Crippen molar-refractivity contribution in [1.82, 2.24) is 16.0 Å². The molecule has 2 aromatic carbocycles. The van der Waals surface area contributed by atoms with Gasteiger partial charge in [0, 0.05) is 27.9 Å². The van der Waals surface area contributed by atoms with Crippen molar-refractivity contribution in [3.05, 3.63) is 69.7 Å². The monoisotopic (exact) mass is 615 g/mol. The molecule has 2 fully saturated rings. The predicted molar refractivity (Wildman–Crippen MR) is 162 cm³/mol. The van der Waals surface area contributed by atoms with E-state index in [-0.39, 0.29) is 24.2 Å². The molecule has 3 N–H and O–H groups in total. The number of nitrogens with one attached hydrogen (secondary N) is 3. The number of amides is 3. The van der Waals surface area contributed by atoms with E-state index in [0.717, 1.165) is 36.8 Å². The Balaban J connectivity index is 1.57. The highest BCUT2D eigenvalue weighted by Crippen LogP contribution is 2.52. The number of alkyl carbamates (subject to hydrolysis) is 1. The van der Waals surface area contributed by atoms with Crippen LogP contribution in [0.1, 0.15) is 76.0 Å². The third-order valence-electron chi connectivity index (χ3n) is 8.28. The molecule has 0 radical (unpaired) electrons. The van der Waals surface area contributed by atoms with E-state index in [1.165, 1.54) is 0 Å². The molecule has 1 saturated carbocycles. The molecule has 0 bridgehead atoms. The molecule has 226 valence electrons. The van der Waals surface area contributed by atoms with Gasteiger partial charge in [0.25, 0.3) is 0 Å². The quantitative estimate of drug-likeness (QED) is 0.257. The van der Waals surface area contributed by atoms with Gasteiger partial charge >= 0.3 is 6.09 Å². The Labute approximate surface area is 257 Å². The van der Waals surface area contributed by atoms with Crippen LogP contribution in [0.15, 0.2) is 48.5 Å². The van der Waals surface area contributed by atoms with Crippen LogP contribution in [0.5, 0.6) is 0 Å². The second kappa shape index (κ2) is 14.4. The summed E-state index contributed by atoms with van der Waals surface area (Å²) in [6.07, 6.45) is 3.83. The van der Waals surface area contributed by atoms with E-state index in [2.05, 4.69) is 16.0 Å². The zero-order chi connectivity index (χ0) is 30.3. The van der Waals surface area contributed by atoms with Crippen molar-refractivity contribution in [1.29, 1.82) is 0 Å². The van der Waals surface area contributed by atoms with Gasteiger partial charge in [0.2, 0.25) is 11.8 Å². The summed E-state index contributed by atoms with van der Waals surface area (Å²) in [4.78, 5) is 50.7. The van der Waals surface area contributed by atoms with Crippen molar-refractivity contribution in [2.75, 3.05) is 6.54 Å². The normalized spacial score (nSPS) is 19.9. The molecule has 1 unspecified atom stereocenters. The standard InChI is InChI=1S/C32H39Cl2N3O5/c1-20(2)15-27(30(40)36-26(19-38)17-22-11-14-35-29(22)39)37-31(41)42-28(21-7-5-9-24(33)16-21)32(12-3-4-13-32)23-8-6-10-25(34)18-23/h5-10,16,18-20,22,26-28H,3-4,11-15,17H2,1-2H3,(H,35,39)(H,36,40)(H,37,41)/t22-,26-,27-,28?/m0/s1. The summed E-state index contributed by atoms with van der Waals surface area (Å²) in [5, 5.41) is 9.36. The average molecular weight is 617 g/mol. The molecule has 8 nitrogen and oxygen atoms in total. The average Bonchev–Trinajstić information content (AvgIpc) is 3.60. The molecule has 3 amide bonds. The maximum atomic E-state index is 13.6. The third-order valence-corrected chi connectivity index (χ3v) is 8.75. The lowest BCUT2D eigenvalue weighted by Crippen LogP contribution is -2.51. The lowest BCUT2D eigenvalue weighted by Gasteiger charge is -2.38. The molecular weight excluding hydrogens is 577 g/mol. The van der Waals surface area contributed by atoms with E-state index in [0.29, 0.717) is 35.7 Å². The Hall–Kier alpha value is -3.10. The SMILES string of the molecule is CC(C)C[C@H](NC(=O)OC(c1cccc(Cl)c1)C1(c2cccc(Cl)c2)CCCC1)C(=O)N[C@H](C=O)C[C@@H]1CCNC1=O. The molecule has 4 rings (SSSR count). The molecule has 42 heavy (non-hydrogen) atoms. The summed E-state index contributed by atoms with van der Waals surface area (Å²) >= 11 is 12.8. The van der Waals surface area contributed by atoms with Gasteiger partial charge in [0.05, 0.1) is 6.04 Å². The van der Waals surface area contributed by atoms with E-state index in [1.807, 2.05) is 50.2 Å². The lowest BCUT2D eigenvalue weighted by molar-refractivity contribution is -0.127. The van der Waals surface area contributed by atoms with Crippen LogP contribution in [-0.2, 0) is 24.5 Å². The van der Waals surface area contributed by atoms with Crippen molar-refractivity contribution in [2.24, 2.45) is 11.8 Å². The third kappa shape index (κ3) is 7.84. The fourth-order valence-corrected chi connectivity index (χ4v) is 6.66. The summed E-state index contributed by atoms with van der Waals surface area (Å²) in [5.74, 6) is -0.896. The van der Waals surface area contributed by atoms with Crippen LogP contribution >= 0.6 is 23.2 Å². The van der Waals surface area contributed by atoms with Gasteiger partial charge in [0.15, 0.2) is 0 Å². The van der Waals surface area contributed by atoms with Crippen molar-refractivity contribution < 1.29 is 23.9 Å². The molecule has 4 atom stereocenters. The van der Waals surface area contributed by atoms with Gasteiger partial charge in [-0.15, -0.1) is 0 Å². The fourth-order valence-electron chi connectivity index (χ4n) is 6.27. The lowest BCUT2D eigenvalue weighted by atomic mass is 9.72. The van der Waals surface area contributed by atoms with Crippen molar-refractivity contribution in [2.45, 2.75) is 82.4 Å². The zero-order valence-electron chi connectivity index (χ0n) is 24.0. The van der Waals surface area contributed by atoms with Crippen molar-refractivity contribution >= 4 is 47.4 Å². The summed E-state index contributed by atoms with van der Waals surface area (Å²) < 4.78 is 6.23. The van der Waals surface area contributed by atoms with E-state index >= 15 is 0 Å². The number of rotatable bonds is 12. The van der Waals surface area contributed by atoms with Gasteiger partial charge < -0.3 is 25.5 Å². The van der Waals surface area contributed by atoms with E-state index in [4.69, 9.17) is 27.9 Å². The van der Waals surface area contributed by atoms with Crippen LogP contribution in [-0.4, -0.2) is 42.8 Å². The van der Waals surface area contributed by atoms with E-state index in [1.54, 1.807) is 12.1 Å². The molecule has 1 aliphatic carbocycles. The Morgan fingerprint density at radius 2 is 1.76 bits per heavy atom. The first-order valence-corrected chi connectivity index (χ1v) is 15.4. The first kappa shape index (κ1) is 31.8. The maximum Gasteiger partial charge on any atom is 0.408 e.